The van der Waals surface area contributed by atoms with E-state index in [0.29, 0.717) is 27.7 Å². The summed E-state index contributed by atoms with van der Waals surface area (Å²) in [7, 11) is 0. The van der Waals surface area contributed by atoms with Crippen molar-refractivity contribution < 1.29 is 22.4 Å². The van der Waals surface area contributed by atoms with Gasteiger partial charge in [-0.2, -0.15) is 13.2 Å². The van der Waals surface area contributed by atoms with Gasteiger partial charge in [-0.25, -0.2) is 4.39 Å². The summed E-state index contributed by atoms with van der Waals surface area (Å²) in [6.07, 6.45) is -0.670. The largest absolute Gasteiger partial charge is 0.416 e. The molecule has 0 saturated heterocycles. The van der Waals surface area contributed by atoms with Crippen molar-refractivity contribution in [1.82, 2.24) is 9.55 Å². The zero-order valence-electron chi connectivity index (χ0n) is 18.8. The van der Waals surface area contributed by atoms with E-state index >= 15 is 4.39 Å². The highest BCUT2D eigenvalue weighted by atomic mass is 19.4. The Labute approximate surface area is 190 Å². The van der Waals surface area contributed by atoms with Crippen molar-refractivity contribution in [1.29, 1.82) is 0 Å². The Hall–Kier alpha value is -2.96. The summed E-state index contributed by atoms with van der Waals surface area (Å²) in [5.74, 6) is -0.574. The summed E-state index contributed by atoms with van der Waals surface area (Å²) in [6, 6.07) is 6.83. The number of Topliss-reactive ketones (excluding diaryl/α,β-unsaturated/α-hetero) is 1. The summed E-state index contributed by atoms with van der Waals surface area (Å²) in [5, 5.41) is 0. The molecule has 7 heteroatoms. The fourth-order valence-electron chi connectivity index (χ4n) is 4.85. The molecular weight excluding hydrogens is 432 g/mol. The third-order valence-electron chi connectivity index (χ3n) is 6.80. The van der Waals surface area contributed by atoms with E-state index < -0.39 is 23.3 Å². The van der Waals surface area contributed by atoms with Gasteiger partial charge in [0.1, 0.15) is 5.67 Å². The Morgan fingerprint density at radius 1 is 1.24 bits per heavy atom. The number of alkyl halides is 4. The average Bonchev–Trinajstić information content (AvgIpc) is 3.23. The molecule has 3 unspecified atom stereocenters. The van der Waals surface area contributed by atoms with Gasteiger partial charge in [0.15, 0.2) is 5.78 Å². The molecule has 0 spiro atoms. The van der Waals surface area contributed by atoms with Crippen LogP contribution < -0.4 is 0 Å². The minimum absolute atomic E-state index is 0.0549. The number of rotatable bonds is 5. The molecule has 1 aliphatic carbocycles. The van der Waals surface area contributed by atoms with Gasteiger partial charge in [-0.05, 0) is 67.5 Å². The summed E-state index contributed by atoms with van der Waals surface area (Å²) >= 11 is 0. The predicted molar refractivity (Wildman–Crippen MR) is 120 cm³/mol. The predicted octanol–water partition coefficient (Wildman–Crippen LogP) is 6.93. The summed E-state index contributed by atoms with van der Waals surface area (Å²) in [5.41, 5.74) is 1.31. The second-order valence-electron chi connectivity index (χ2n) is 9.31. The van der Waals surface area contributed by atoms with Gasteiger partial charge in [0.2, 0.25) is 0 Å². The number of pyridine rings is 1. The maximum Gasteiger partial charge on any atom is 0.416 e. The molecule has 2 aromatic heterocycles. The molecule has 4 rings (SSSR count). The molecule has 174 valence electrons. The molecule has 0 amide bonds. The molecule has 3 nitrogen and oxygen atoms in total. The average molecular weight is 458 g/mol. The van der Waals surface area contributed by atoms with E-state index in [1.54, 1.807) is 29.8 Å². The topological polar surface area (TPSA) is 34.9 Å². The van der Waals surface area contributed by atoms with Crippen LogP contribution in [0.1, 0.15) is 37.8 Å². The monoisotopic (exact) mass is 458 g/mol. The highest BCUT2D eigenvalue weighted by Gasteiger charge is 2.47. The van der Waals surface area contributed by atoms with E-state index in [0.717, 1.165) is 17.7 Å². The van der Waals surface area contributed by atoms with Crippen molar-refractivity contribution in [2.45, 2.75) is 52.0 Å². The number of halogens is 4. The van der Waals surface area contributed by atoms with E-state index in [9.17, 15) is 18.0 Å². The van der Waals surface area contributed by atoms with Gasteiger partial charge in [0, 0.05) is 23.9 Å². The van der Waals surface area contributed by atoms with Crippen molar-refractivity contribution in [2.24, 2.45) is 11.8 Å². The summed E-state index contributed by atoms with van der Waals surface area (Å²) in [4.78, 5) is 17.6. The van der Waals surface area contributed by atoms with Crippen molar-refractivity contribution >= 4 is 16.8 Å². The van der Waals surface area contributed by atoms with Crippen molar-refractivity contribution in [3.05, 3.63) is 66.0 Å². The number of carbonyl (C=O) groups excluding carboxylic acids is 1. The highest BCUT2D eigenvalue weighted by molar-refractivity contribution is 5.87. The van der Waals surface area contributed by atoms with Crippen LogP contribution >= 0.6 is 0 Å². The van der Waals surface area contributed by atoms with E-state index in [4.69, 9.17) is 0 Å². The molecule has 33 heavy (non-hydrogen) atoms. The fourth-order valence-corrected chi connectivity index (χ4v) is 4.85. The molecule has 1 aromatic carbocycles. The summed E-state index contributed by atoms with van der Waals surface area (Å²) < 4.78 is 56.3. The number of hydrogen-bond donors (Lipinski definition) is 0. The number of hydrogen-bond acceptors (Lipinski definition) is 2. The van der Waals surface area contributed by atoms with Crippen LogP contribution in [0.15, 0.2) is 54.9 Å². The first-order valence-corrected chi connectivity index (χ1v) is 10.9. The standard InChI is InChI=1S/C26H26F4N2O/c1-15(2)25(27)10-16(3)21(11-25)23(33)14-32-13-17(4)24-22(32)9-19(12-31-24)18-6-5-7-20(8-18)26(28,29)30/h5-9,12-13,16,21H,1,10-11,14H2,2-4H3. The molecular formula is C26H26F4N2O. The van der Waals surface area contributed by atoms with Crippen LogP contribution in [-0.2, 0) is 17.5 Å². The quantitative estimate of drug-likeness (QED) is 0.307. The van der Waals surface area contributed by atoms with Gasteiger partial charge in [-0.3, -0.25) is 9.78 Å². The number of ketones is 1. The van der Waals surface area contributed by atoms with E-state index in [2.05, 4.69) is 11.6 Å². The van der Waals surface area contributed by atoms with Gasteiger partial charge in [0.25, 0.3) is 0 Å². The maximum atomic E-state index is 15.1. The molecule has 3 atom stereocenters. The number of allylic oxidation sites excluding steroid dienone is 1. The van der Waals surface area contributed by atoms with Crippen molar-refractivity contribution in [2.75, 3.05) is 0 Å². The van der Waals surface area contributed by atoms with Crippen LogP contribution in [0.25, 0.3) is 22.2 Å². The van der Waals surface area contributed by atoms with Crippen molar-refractivity contribution in [3.8, 4) is 11.1 Å². The van der Waals surface area contributed by atoms with Crippen LogP contribution in [0.4, 0.5) is 17.6 Å². The van der Waals surface area contributed by atoms with Crippen LogP contribution in [-0.4, -0.2) is 21.0 Å². The molecule has 0 bridgehead atoms. The Bertz CT molecular complexity index is 1240. The summed E-state index contributed by atoms with van der Waals surface area (Å²) in [6.45, 7) is 9.22. The number of aryl methyl sites for hydroxylation is 1. The Balaban J connectivity index is 1.66. The van der Waals surface area contributed by atoms with E-state index in [-0.39, 0.29) is 31.1 Å². The Kier molecular flexibility index (Phi) is 5.71. The smallest absolute Gasteiger partial charge is 0.338 e. The molecule has 3 aromatic rings. The molecule has 0 N–H and O–H groups in total. The maximum absolute atomic E-state index is 15.1. The first-order valence-electron chi connectivity index (χ1n) is 10.9. The molecule has 0 radical (unpaired) electrons. The molecule has 1 saturated carbocycles. The Morgan fingerprint density at radius 2 is 1.97 bits per heavy atom. The lowest BCUT2D eigenvalue weighted by atomic mass is 9.92. The van der Waals surface area contributed by atoms with Crippen LogP contribution in [0.3, 0.4) is 0 Å². The van der Waals surface area contributed by atoms with Gasteiger partial charge in [-0.1, -0.05) is 25.6 Å². The Morgan fingerprint density at radius 3 is 2.61 bits per heavy atom. The number of aromatic nitrogens is 2. The van der Waals surface area contributed by atoms with Gasteiger partial charge < -0.3 is 4.57 Å². The zero-order chi connectivity index (χ0) is 24.1. The van der Waals surface area contributed by atoms with Gasteiger partial charge in [0.05, 0.1) is 23.1 Å². The fraction of sp³-hybridized carbons (Fsp3) is 0.385. The van der Waals surface area contributed by atoms with Crippen LogP contribution in [0, 0.1) is 18.8 Å². The normalized spacial score (nSPS) is 23.2. The third-order valence-corrected chi connectivity index (χ3v) is 6.80. The second-order valence-corrected chi connectivity index (χ2v) is 9.31. The van der Waals surface area contributed by atoms with Crippen LogP contribution in [0.2, 0.25) is 0 Å². The second kappa shape index (κ2) is 8.12. The molecule has 1 fully saturated rings. The van der Waals surface area contributed by atoms with E-state index in [1.807, 2.05) is 20.0 Å². The zero-order valence-corrected chi connectivity index (χ0v) is 18.8. The third kappa shape index (κ3) is 4.33. The first-order chi connectivity index (χ1) is 15.4. The van der Waals surface area contributed by atoms with Gasteiger partial charge >= 0.3 is 6.18 Å². The first kappa shape index (κ1) is 23.2. The highest BCUT2D eigenvalue weighted by Crippen LogP contribution is 2.46. The molecule has 2 heterocycles. The number of benzene rings is 1. The van der Waals surface area contributed by atoms with Crippen molar-refractivity contribution in [3.63, 3.8) is 0 Å². The minimum Gasteiger partial charge on any atom is -0.338 e. The number of fused-ring (bicyclic) bond motifs is 1. The lowest BCUT2D eigenvalue weighted by molar-refractivity contribution is -0.137. The lowest BCUT2D eigenvalue weighted by Crippen LogP contribution is -2.24. The number of carbonyl (C=O) groups is 1. The SMILES string of the molecule is C=C(C)C1(F)CC(C)C(C(=O)Cn2cc(C)c3ncc(-c4cccc(C(F)(F)F)c4)cc32)C1. The van der Waals surface area contributed by atoms with Crippen LogP contribution in [0.5, 0.6) is 0 Å². The van der Waals surface area contributed by atoms with Gasteiger partial charge in [-0.15, -0.1) is 0 Å². The minimum atomic E-state index is -4.44. The number of nitrogens with zero attached hydrogens (tertiary/aromatic N) is 2. The molecule has 1 aliphatic rings. The van der Waals surface area contributed by atoms with E-state index in [1.165, 1.54) is 6.07 Å². The molecule has 0 aliphatic heterocycles. The lowest BCUT2D eigenvalue weighted by Gasteiger charge is -2.19.